The summed E-state index contributed by atoms with van der Waals surface area (Å²) in [7, 11) is 0. The van der Waals surface area contributed by atoms with E-state index >= 15 is 0 Å². The lowest BCUT2D eigenvalue weighted by Crippen LogP contribution is -2.26. The second kappa shape index (κ2) is 4.97. The number of anilines is 1. The van der Waals surface area contributed by atoms with Gasteiger partial charge in [0.1, 0.15) is 6.07 Å². The highest BCUT2D eigenvalue weighted by Gasteiger charge is 2.31. The Morgan fingerprint density at radius 1 is 1.47 bits per heavy atom. The molecule has 1 atom stereocenters. The highest BCUT2D eigenvalue weighted by Crippen LogP contribution is 2.36. The first-order chi connectivity index (χ1) is 8.02. The summed E-state index contributed by atoms with van der Waals surface area (Å²) in [5, 5.41) is 8.93. The summed E-state index contributed by atoms with van der Waals surface area (Å²) in [6.45, 7) is 0.440. The van der Waals surface area contributed by atoms with Crippen LogP contribution in [0.2, 0.25) is 0 Å². The van der Waals surface area contributed by atoms with Gasteiger partial charge in [0.05, 0.1) is 16.6 Å². The normalized spacial score (nSPS) is 19.5. The van der Waals surface area contributed by atoms with Gasteiger partial charge in [0.2, 0.25) is 5.91 Å². The predicted molar refractivity (Wildman–Crippen MR) is 73.2 cm³/mol. The molecule has 1 aromatic carbocycles. The van der Waals surface area contributed by atoms with Crippen LogP contribution in [0.1, 0.15) is 12.0 Å². The van der Waals surface area contributed by atoms with Gasteiger partial charge < -0.3 is 4.90 Å². The maximum Gasteiger partial charge on any atom is 0.228 e. The zero-order valence-corrected chi connectivity index (χ0v) is 12.5. The van der Waals surface area contributed by atoms with E-state index < -0.39 is 0 Å². The third-order valence-electron chi connectivity index (χ3n) is 2.50. The molecular formula is C11H7Br2ClN2O. The lowest BCUT2D eigenvalue weighted by atomic mass is 10.2. The van der Waals surface area contributed by atoms with Gasteiger partial charge in [-0.3, -0.25) is 4.79 Å². The van der Waals surface area contributed by atoms with Gasteiger partial charge in [-0.05, 0) is 28.1 Å². The number of nitriles is 1. The zero-order chi connectivity index (χ0) is 12.6. The van der Waals surface area contributed by atoms with Crippen molar-refractivity contribution in [1.29, 1.82) is 5.26 Å². The average molecular weight is 378 g/mol. The number of nitrogens with zero attached hydrogens (tertiary/aromatic N) is 2. The van der Waals surface area contributed by atoms with Gasteiger partial charge in [0, 0.05) is 21.9 Å². The van der Waals surface area contributed by atoms with Crippen LogP contribution in [0.3, 0.4) is 0 Å². The van der Waals surface area contributed by atoms with Gasteiger partial charge in [0.15, 0.2) is 0 Å². The zero-order valence-electron chi connectivity index (χ0n) is 8.58. The van der Waals surface area contributed by atoms with Crippen LogP contribution in [0.4, 0.5) is 5.69 Å². The molecule has 0 radical (unpaired) electrons. The number of carbonyl (C=O) groups excluding carboxylic acids is 1. The summed E-state index contributed by atoms with van der Waals surface area (Å²) in [6, 6.07) is 5.59. The summed E-state index contributed by atoms with van der Waals surface area (Å²) >= 11 is 12.7. The molecule has 1 unspecified atom stereocenters. The van der Waals surface area contributed by atoms with Gasteiger partial charge in [-0.25, -0.2) is 0 Å². The van der Waals surface area contributed by atoms with E-state index in [9.17, 15) is 4.79 Å². The van der Waals surface area contributed by atoms with Crippen molar-refractivity contribution in [2.45, 2.75) is 11.8 Å². The van der Waals surface area contributed by atoms with Crippen molar-refractivity contribution in [3.05, 3.63) is 26.6 Å². The van der Waals surface area contributed by atoms with Crippen molar-refractivity contribution in [3.8, 4) is 6.07 Å². The second-order valence-corrected chi connectivity index (χ2v) is 6.09. The molecule has 1 fully saturated rings. The third kappa shape index (κ3) is 2.49. The molecule has 0 saturated carbocycles. The number of hydrogen-bond donors (Lipinski definition) is 0. The molecule has 0 spiro atoms. The molecule has 88 valence electrons. The number of amides is 1. The Bertz CT molecular complexity index is 527. The van der Waals surface area contributed by atoms with Gasteiger partial charge in [-0.1, -0.05) is 15.9 Å². The summed E-state index contributed by atoms with van der Waals surface area (Å²) in [5.41, 5.74) is 1.05. The van der Waals surface area contributed by atoms with E-state index in [1.165, 1.54) is 0 Å². The number of carbonyl (C=O) groups is 1. The molecule has 6 heteroatoms. The molecule has 0 aliphatic carbocycles. The number of halogens is 3. The highest BCUT2D eigenvalue weighted by atomic mass is 79.9. The van der Waals surface area contributed by atoms with E-state index in [0.717, 1.165) is 4.47 Å². The Hall–Kier alpha value is -0.570. The maximum absolute atomic E-state index is 11.8. The van der Waals surface area contributed by atoms with Crippen molar-refractivity contribution in [3.63, 3.8) is 0 Å². The summed E-state index contributed by atoms with van der Waals surface area (Å²) in [5.74, 6) is -0.0514. The van der Waals surface area contributed by atoms with Crippen LogP contribution in [-0.4, -0.2) is 17.8 Å². The molecule has 1 aliphatic rings. The summed E-state index contributed by atoms with van der Waals surface area (Å²) in [4.78, 5) is 13.4. The van der Waals surface area contributed by atoms with Crippen molar-refractivity contribution in [2.24, 2.45) is 0 Å². The molecule has 2 rings (SSSR count). The lowest BCUT2D eigenvalue weighted by Gasteiger charge is -2.19. The quantitative estimate of drug-likeness (QED) is 0.703. The molecule has 17 heavy (non-hydrogen) atoms. The Morgan fingerprint density at radius 3 is 2.71 bits per heavy atom. The smallest absolute Gasteiger partial charge is 0.228 e. The Kier molecular flexibility index (Phi) is 3.76. The monoisotopic (exact) mass is 376 g/mol. The fraction of sp³-hybridized carbons (Fsp3) is 0.273. The largest absolute Gasteiger partial charge is 0.308 e. The van der Waals surface area contributed by atoms with Crippen molar-refractivity contribution >= 4 is 55.1 Å². The van der Waals surface area contributed by atoms with E-state index in [2.05, 4.69) is 37.9 Å². The highest BCUT2D eigenvalue weighted by molar-refractivity contribution is 9.11. The van der Waals surface area contributed by atoms with Crippen LogP contribution in [0.25, 0.3) is 0 Å². The number of rotatable bonds is 1. The van der Waals surface area contributed by atoms with Crippen LogP contribution in [0.5, 0.6) is 0 Å². The molecule has 1 aliphatic heterocycles. The maximum atomic E-state index is 11.8. The Morgan fingerprint density at radius 2 is 2.18 bits per heavy atom. The second-order valence-electron chi connectivity index (χ2n) is 3.70. The van der Waals surface area contributed by atoms with Gasteiger partial charge in [-0.2, -0.15) is 5.26 Å². The molecular weight excluding hydrogens is 371 g/mol. The van der Waals surface area contributed by atoms with E-state index in [4.69, 9.17) is 16.9 Å². The molecule has 0 aromatic heterocycles. The van der Waals surface area contributed by atoms with Crippen molar-refractivity contribution in [1.82, 2.24) is 0 Å². The average Bonchev–Trinajstić information content (AvgIpc) is 2.56. The minimum atomic E-state index is -0.190. The standard InChI is InChI=1S/C11H7Br2ClN2O/c12-7-1-6(4-15)11(9(13)2-7)16-5-8(14)3-10(16)17/h1-2,8H,3,5H2. The van der Waals surface area contributed by atoms with Crippen molar-refractivity contribution in [2.75, 3.05) is 11.4 Å². The Balaban J connectivity index is 2.52. The van der Waals surface area contributed by atoms with E-state index in [-0.39, 0.29) is 11.3 Å². The molecule has 1 aromatic rings. The van der Waals surface area contributed by atoms with Crippen LogP contribution in [0, 0.1) is 11.3 Å². The van der Waals surface area contributed by atoms with Crippen LogP contribution in [-0.2, 0) is 4.79 Å². The van der Waals surface area contributed by atoms with E-state index in [1.807, 2.05) is 6.07 Å². The number of hydrogen-bond acceptors (Lipinski definition) is 2. The SMILES string of the molecule is N#Cc1cc(Br)cc(Br)c1N1CC(Cl)CC1=O. The van der Waals surface area contributed by atoms with Gasteiger partial charge >= 0.3 is 0 Å². The molecule has 1 heterocycles. The molecule has 1 saturated heterocycles. The topological polar surface area (TPSA) is 44.1 Å². The van der Waals surface area contributed by atoms with Gasteiger partial charge in [0.25, 0.3) is 0 Å². The fourth-order valence-corrected chi connectivity index (χ4v) is 3.51. The summed E-state index contributed by atoms with van der Waals surface area (Å²) < 4.78 is 1.50. The molecule has 0 N–H and O–H groups in total. The summed E-state index contributed by atoms with van der Waals surface area (Å²) in [6.07, 6.45) is 0.314. The van der Waals surface area contributed by atoms with Crippen LogP contribution < -0.4 is 4.90 Å². The molecule has 0 bridgehead atoms. The minimum Gasteiger partial charge on any atom is -0.308 e. The molecule has 3 nitrogen and oxygen atoms in total. The molecule has 1 amide bonds. The number of alkyl halides is 1. The first-order valence-electron chi connectivity index (χ1n) is 4.86. The lowest BCUT2D eigenvalue weighted by molar-refractivity contribution is -0.117. The predicted octanol–water partition coefficient (Wildman–Crippen LogP) is 3.43. The first kappa shape index (κ1) is 12.9. The Labute approximate surface area is 121 Å². The van der Waals surface area contributed by atoms with Gasteiger partial charge in [-0.15, -0.1) is 11.6 Å². The number of benzene rings is 1. The fourth-order valence-electron chi connectivity index (χ4n) is 1.81. The first-order valence-corrected chi connectivity index (χ1v) is 6.88. The van der Waals surface area contributed by atoms with Crippen LogP contribution in [0.15, 0.2) is 21.1 Å². The van der Waals surface area contributed by atoms with E-state index in [0.29, 0.717) is 28.7 Å². The van der Waals surface area contributed by atoms with Crippen molar-refractivity contribution < 1.29 is 4.79 Å². The van der Waals surface area contributed by atoms with E-state index in [1.54, 1.807) is 11.0 Å². The van der Waals surface area contributed by atoms with Crippen LogP contribution >= 0.6 is 43.5 Å². The minimum absolute atomic E-state index is 0.0514. The third-order valence-corrected chi connectivity index (χ3v) is 3.85.